The van der Waals surface area contributed by atoms with Crippen LogP contribution in [0.15, 0.2) is 65.3 Å². The van der Waals surface area contributed by atoms with Crippen LogP contribution in [-0.2, 0) is 6.54 Å². The van der Waals surface area contributed by atoms with Crippen molar-refractivity contribution in [3.63, 3.8) is 0 Å². The Morgan fingerprint density at radius 3 is 2.73 bits per heavy atom. The molecule has 30 heavy (non-hydrogen) atoms. The molecule has 0 radical (unpaired) electrons. The topological polar surface area (TPSA) is 82.4 Å². The first kappa shape index (κ1) is 18.2. The number of rotatable bonds is 4. The van der Waals surface area contributed by atoms with Crippen LogP contribution in [0.5, 0.6) is 5.75 Å². The van der Waals surface area contributed by atoms with E-state index in [0.29, 0.717) is 28.3 Å². The minimum absolute atomic E-state index is 0.0738. The van der Waals surface area contributed by atoms with Crippen molar-refractivity contribution in [3.8, 4) is 17.0 Å². The molecule has 0 spiro atoms. The maximum absolute atomic E-state index is 13.6. The van der Waals surface area contributed by atoms with Crippen molar-refractivity contribution in [3.05, 3.63) is 94.8 Å². The number of fused-ring (bicyclic) bond motifs is 1. The summed E-state index contributed by atoms with van der Waals surface area (Å²) in [5.74, 6) is 0.115. The molecule has 7 heteroatoms. The standard InChI is InChI=1S/C23H18FN3O3/c1-13-4-9-18(28)17(11-13)20-19-21(26-25-20)23(29)27(12-16-3-2-10-30-16)22(19)14-5-7-15(24)8-6-14/h2-11,22,28H,12H2,1H3,(H,25,26). The van der Waals surface area contributed by atoms with Gasteiger partial charge in [0.1, 0.15) is 28.7 Å². The first-order valence-electron chi connectivity index (χ1n) is 9.50. The van der Waals surface area contributed by atoms with Gasteiger partial charge in [-0.3, -0.25) is 9.89 Å². The summed E-state index contributed by atoms with van der Waals surface area (Å²) in [6, 6.07) is 14.3. The number of nitrogens with zero attached hydrogens (tertiary/aromatic N) is 2. The third kappa shape index (κ3) is 2.86. The van der Waals surface area contributed by atoms with E-state index >= 15 is 0 Å². The zero-order chi connectivity index (χ0) is 20.8. The predicted octanol–water partition coefficient (Wildman–Crippen LogP) is 4.57. The number of carbonyl (C=O) groups is 1. The van der Waals surface area contributed by atoms with Gasteiger partial charge in [0, 0.05) is 11.1 Å². The number of aromatic hydroxyl groups is 1. The van der Waals surface area contributed by atoms with Crippen LogP contribution in [-0.4, -0.2) is 26.1 Å². The van der Waals surface area contributed by atoms with E-state index in [0.717, 1.165) is 11.1 Å². The summed E-state index contributed by atoms with van der Waals surface area (Å²) < 4.78 is 19.0. The maximum Gasteiger partial charge on any atom is 0.273 e. The molecule has 3 heterocycles. The quantitative estimate of drug-likeness (QED) is 0.523. The normalized spacial score (nSPS) is 15.6. The number of carbonyl (C=O) groups excluding carboxylic acids is 1. The van der Waals surface area contributed by atoms with E-state index in [1.165, 1.54) is 12.1 Å². The molecule has 4 aromatic rings. The molecule has 1 aliphatic rings. The molecule has 2 N–H and O–H groups in total. The number of hydrogen-bond acceptors (Lipinski definition) is 4. The van der Waals surface area contributed by atoms with Crippen LogP contribution in [0.2, 0.25) is 0 Å². The SMILES string of the molecule is Cc1ccc(O)c(-c2n[nH]c3c2C(c2ccc(F)cc2)N(Cc2ccco2)C3=O)c1. The van der Waals surface area contributed by atoms with Crippen LogP contribution in [0, 0.1) is 12.7 Å². The molecule has 2 aromatic heterocycles. The fourth-order valence-corrected chi connectivity index (χ4v) is 3.97. The monoisotopic (exact) mass is 403 g/mol. The average molecular weight is 403 g/mol. The largest absolute Gasteiger partial charge is 0.507 e. The van der Waals surface area contributed by atoms with Crippen molar-refractivity contribution in [1.29, 1.82) is 0 Å². The van der Waals surface area contributed by atoms with E-state index in [4.69, 9.17) is 4.42 Å². The molecule has 1 unspecified atom stereocenters. The zero-order valence-corrected chi connectivity index (χ0v) is 16.1. The molecule has 1 aliphatic heterocycles. The Morgan fingerprint density at radius 1 is 1.20 bits per heavy atom. The second kappa shape index (κ2) is 6.88. The van der Waals surface area contributed by atoms with Gasteiger partial charge in [0.2, 0.25) is 0 Å². The third-order valence-corrected chi connectivity index (χ3v) is 5.36. The second-order valence-corrected chi connectivity index (χ2v) is 7.35. The molecule has 0 saturated carbocycles. The lowest BCUT2D eigenvalue weighted by Gasteiger charge is -2.25. The fraction of sp³-hybridized carbons (Fsp3) is 0.130. The van der Waals surface area contributed by atoms with Gasteiger partial charge in [-0.1, -0.05) is 23.8 Å². The fourth-order valence-electron chi connectivity index (χ4n) is 3.97. The van der Waals surface area contributed by atoms with Crippen molar-refractivity contribution >= 4 is 5.91 Å². The lowest BCUT2D eigenvalue weighted by Crippen LogP contribution is -2.29. The molecule has 0 aliphatic carbocycles. The van der Waals surface area contributed by atoms with Crippen LogP contribution in [0.25, 0.3) is 11.3 Å². The van der Waals surface area contributed by atoms with E-state index in [1.54, 1.807) is 47.6 Å². The summed E-state index contributed by atoms with van der Waals surface area (Å²) >= 11 is 0. The summed E-state index contributed by atoms with van der Waals surface area (Å²) in [6.45, 7) is 2.16. The number of hydrogen-bond donors (Lipinski definition) is 2. The second-order valence-electron chi connectivity index (χ2n) is 7.35. The van der Waals surface area contributed by atoms with Gasteiger partial charge in [-0.2, -0.15) is 5.10 Å². The molecule has 0 fully saturated rings. The molecule has 1 amide bonds. The van der Waals surface area contributed by atoms with Gasteiger partial charge in [0.15, 0.2) is 0 Å². The minimum Gasteiger partial charge on any atom is -0.507 e. The third-order valence-electron chi connectivity index (χ3n) is 5.36. The molecular weight excluding hydrogens is 385 g/mol. The molecule has 0 bridgehead atoms. The molecule has 2 aromatic carbocycles. The van der Waals surface area contributed by atoms with Crippen LogP contribution in [0.4, 0.5) is 4.39 Å². The Balaban J connectivity index is 1.69. The van der Waals surface area contributed by atoms with Gasteiger partial charge in [0.05, 0.1) is 18.8 Å². The average Bonchev–Trinajstić information content (AvgIpc) is 3.45. The Hall–Kier alpha value is -3.87. The number of phenols is 1. The van der Waals surface area contributed by atoms with Gasteiger partial charge in [-0.25, -0.2) is 4.39 Å². The van der Waals surface area contributed by atoms with Crippen LogP contribution in [0.1, 0.15) is 39.0 Å². The van der Waals surface area contributed by atoms with E-state index in [-0.39, 0.29) is 24.0 Å². The number of furan rings is 1. The van der Waals surface area contributed by atoms with Crippen molar-refractivity contribution in [2.45, 2.75) is 19.5 Å². The summed E-state index contributed by atoms with van der Waals surface area (Å²) in [5.41, 5.74) is 3.73. The van der Waals surface area contributed by atoms with Crippen LogP contribution < -0.4 is 0 Å². The zero-order valence-electron chi connectivity index (χ0n) is 16.1. The number of aromatic nitrogens is 2. The van der Waals surface area contributed by atoms with Crippen molar-refractivity contribution in [2.75, 3.05) is 0 Å². The highest BCUT2D eigenvalue weighted by atomic mass is 19.1. The number of aromatic amines is 1. The van der Waals surface area contributed by atoms with Gasteiger partial charge in [-0.05, 0) is 48.9 Å². The van der Waals surface area contributed by atoms with E-state index in [9.17, 15) is 14.3 Å². The van der Waals surface area contributed by atoms with E-state index < -0.39 is 6.04 Å². The summed E-state index contributed by atoms with van der Waals surface area (Å²) in [4.78, 5) is 14.9. The smallest absolute Gasteiger partial charge is 0.273 e. The molecule has 0 saturated heterocycles. The van der Waals surface area contributed by atoms with Crippen LogP contribution >= 0.6 is 0 Å². The Labute approximate surface area is 171 Å². The Bertz CT molecular complexity index is 1230. The molecule has 1 atom stereocenters. The van der Waals surface area contributed by atoms with Crippen molar-refractivity contribution in [2.24, 2.45) is 0 Å². The summed E-state index contributed by atoms with van der Waals surface area (Å²) in [5, 5.41) is 17.7. The first-order chi connectivity index (χ1) is 14.5. The highest BCUT2D eigenvalue weighted by Gasteiger charge is 2.42. The lowest BCUT2D eigenvalue weighted by atomic mass is 9.95. The van der Waals surface area contributed by atoms with E-state index in [1.807, 2.05) is 13.0 Å². The maximum atomic E-state index is 13.6. The van der Waals surface area contributed by atoms with Crippen molar-refractivity contribution < 1.29 is 18.7 Å². The number of benzene rings is 2. The lowest BCUT2D eigenvalue weighted by molar-refractivity contribution is 0.0717. The molecule has 5 rings (SSSR count). The number of H-pyrrole nitrogens is 1. The van der Waals surface area contributed by atoms with E-state index in [2.05, 4.69) is 10.2 Å². The van der Waals surface area contributed by atoms with Crippen molar-refractivity contribution in [1.82, 2.24) is 15.1 Å². The number of nitrogens with one attached hydrogen (secondary N) is 1. The molecular formula is C23H18FN3O3. The number of amides is 1. The number of aryl methyl sites for hydroxylation is 1. The first-order valence-corrected chi connectivity index (χ1v) is 9.50. The van der Waals surface area contributed by atoms with Gasteiger partial charge in [0.25, 0.3) is 5.91 Å². The molecule has 150 valence electrons. The number of phenolic OH excluding ortho intramolecular Hbond substituents is 1. The van der Waals surface area contributed by atoms with Gasteiger partial charge < -0.3 is 14.4 Å². The highest BCUT2D eigenvalue weighted by Crippen LogP contribution is 2.45. The predicted molar refractivity (Wildman–Crippen MR) is 107 cm³/mol. The number of halogens is 1. The van der Waals surface area contributed by atoms with Gasteiger partial charge in [-0.15, -0.1) is 0 Å². The molecule has 6 nitrogen and oxygen atoms in total. The summed E-state index contributed by atoms with van der Waals surface area (Å²) in [7, 11) is 0. The van der Waals surface area contributed by atoms with Gasteiger partial charge >= 0.3 is 0 Å². The Morgan fingerprint density at radius 2 is 2.00 bits per heavy atom. The Kier molecular flexibility index (Phi) is 4.17. The summed E-state index contributed by atoms with van der Waals surface area (Å²) in [6.07, 6.45) is 1.56. The van der Waals surface area contributed by atoms with Crippen LogP contribution in [0.3, 0.4) is 0 Å². The minimum atomic E-state index is -0.508. The highest BCUT2D eigenvalue weighted by molar-refractivity contribution is 6.00.